The van der Waals surface area contributed by atoms with Gasteiger partial charge in [-0.15, -0.1) is 0 Å². The fraction of sp³-hybridized carbons (Fsp3) is 0.136. The summed E-state index contributed by atoms with van der Waals surface area (Å²) in [6.07, 6.45) is 2.70. The molecule has 132 valence electrons. The molecule has 0 spiro atoms. The van der Waals surface area contributed by atoms with Crippen molar-refractivity contribution in [3.05, 3.63) is 77.6 Å². The van der Waals surface area contributed by atoms with E-state index in [9.17, 15) is 4.79 Å². The van der Waals surface area contributed by atoms with E-state index in [2.05, 4.69) is 39.7 Å². The lowest BCUT2D eigenvalue weighted by molar-refractivity contribution is 0.0946. The van der Waals surface area contributed by atoms with Crippen LogP contribution in [0, 0.1) is 6.92 Å². The summed E-state index contributed by atoms with van der Waals surface area (Å²) in [6, 6.07) is 18.2. The van der Waals surface area contributed by atoms with E-state index in [1.54, 1.807) is 0 Å². The second-order valence-corrected chi connectivity index (χ2v) is 6.80. The van der Waals surface area contributed by atoms with Crippen molar-refractivity contribution in [3.63, 3.8) is 0 Å². The second-order valence-electron chi connectivity index (χ2n) is 6.80. The maximum absolute atomic E-state index is 12.2. The average molecular weight is 354 g/mol. The number of hydrogen-bond donors (Lipinski definition) is 1. The molecule has 0 saturated carbocycles. The molecule has 5 nitrogen and oxygen atoms in total. The maximum atomic E-state index is 12.2. The summed E-state index contributed by atoms with van der Waals surface area (Å²) in [5.41, 5.74) is 6.03. The smallest absolute Gasteiger partial charge is 0.251 e. The summed E-state index contributed by atoms with van der Waals surface area (Å²) in [4.78, 5) is 16.8. The van der Waals surface area contributed by atoms with Crippen LogP contribution in [0.2, 0.25) is 0 Å². The number of benzene rings is 2. The largest absolute Gasteiger partial charge is 0.352 e. The van der Waals surface area contributed by atoms with Crippen LogP contribution in [-0.2, 0) is 6.42 Å². The maximum Gasteiger partial charge on any atom is 0.251 e. The highest BCUT2D eigenvalue weighted by atomic mass is 16.1. The zero-order chi connectivity index (χ0) is 18.4. The molecule has 5 rings (SSSR count). The summed E-state index contributed by atoms with van der Waals surface area (Å²) in [5, 5.41) is 8.51. The number of nitrogens with one attached hydrogen (secondary N) is 1. The number of fused-ring (bicyclic) bond motifs is 2. The molecule has 27 heavy (non-hydrogen) atoms. The van der Waals surface area contributed by atoms with Gasteiger partial charge in [-0.2, -0.15) is 5.10 Å². The van der Waals surface area contributed by atoms with Crippen LogP contribution in [0.15, 0.2) is 60.8 Å². The van der Waals surface area contributed by atoms with Crippen molar-refractivity contribution >= 4 is 16.8 Å². The molecule has 0 radical (unpaired) electrons. The first-order valence-electron chi connectivity index (χ1n) is 9.03. The Bertz CT molecular complexity index is 1190. The number of carbonyl (C=O) groups excluding carboxylic acids is 1. The summed E-state index contributed by atoms with van der Waals surface area (Å²) >= 11 is 0. The first-order valence-corrected chi connectivity index (χ1v) is 9.03. The standard InChI is InChI=1S/C22H18N4O/c1-14-4-2-7-21(25-14)26-20-12-15(8-9-16(20)13-24-26)17-5-3-6-19-18(17)10-11-23-22(19)27/h2-9,12-13H,10-11H2,1H3,(H,23,27). The number of hydrogen-bond acceptors (Lipinski definition) is 3. The van der Waals surface area contributed by atoms with Crippen molar-refractivity contribution in [3.8, 4) is 16.9 Å². The predicted octanol–water partition coefficient (Wildman–Crippen LogP) is 3.68. The van der Waals surface area contributed by atoms with Crippen LogP contribution in [0.4, 0.5) is 0 Å². The van der Waals surface area contributed by atoms with Crippen LogP contribution in [0.25, 0.3) is 27.8 Å². The minimum atomic E-state index is 0.00757. The average Bonchev–Trinajstić information content (AvgIpc) is 3.11. The summed E-state index contributed by atoms with van der Waals surface area (Å²) in [7, 11) is 0. The van der Waals surface area contributed by atoms with E-state index in [1.807, 2.05) is 48.1 Å². The van der Waals surface area contributed by atoms with Crippen molar-refractivity contribution < 1.29 is 4.79 Å². The number of amides is 1. The molecule has 0 fully saturated rings. The Morgan fingerprint density at radius 2 is 1.89 bits per heavy atom. The fourth-order valence-electron chi connectivity index (χ4n) is 3.75. The zero-order valence-corrected chi connectivity index (χ0v) is 14.9. The highest BCUT2D eigenvalue weighted by molar-refractivity contribution is 5.99. The van der Waals surface area contributed by atoms with Crippen molar-refractivity contribution in [1.82, 2.24) is 20.1 Å². The molecule has 2 aromatic heterocycles. The Hall–Kier alpha value is -3.47. The molecule has 0 bridgehead atoms. The van der Waals surface area contributed by atoms with Crippen LogP contribution in [0.3, 0.4) is 0 Å². The van der Waals surface area contributed by atoms with Gasteiger partial charge in [-0.1, -0.05) is 30.3 Å². The van der Waals surface area contributed by atoms with Gasteiger partial charge in [0.15, 0.2) is 5.82 Å². The van der Waals surface area contributed by atoms with E-state index in [1.165, 1.54) is 0 Å². The molecule has 0 aliphatic carbocycles. The van der Waals surface area contributed by atoms with Crippen LogP contribution in [0.5, 0.6) is 0 Å². The monoisotopic (exact) mass is 354 g/mol. The van der Waals surface area contributed by atoms with Crippen molar-refractivity contribution in [1.29, 1.82) is 0 Å². The molecule has 1 amide bonds. The minimum absolute atomic E-state index is 0.00757. The molecular formula is C22H18N4O. The van der Waals surface area contributed by atoms with Crippen LogP contribution in [0.1, 0.15) is 21.6 Å². The third-order valence-electron chi connectivity index (χ3n) is 5.05. The lowest BCUT2D eigenvalue weighted by Crippen LogP contribution is -2.32. The minimum Gasteiger partial charge on any atom is -0.352 e. The summed E-state index contributed by atoms with van der Waals surface area (Å²) in [5.74, 6) is 0.810. The molecule has 3 heterocycles. The van der Waals surface area contributed by atoms with Gasteiger partial charge in [0, 0.05) is 23.2 Å². The van der Waals surface area contributed by atoms with Gasteiger partial charge in [-0.05, 0) is 54.3 Å². The van der Waals surface area contributed by atoms with Crippen molar-refractivity contribution in [2.75, 3.05) is 6.54 Å². The molecule has 1 aliphatic rings. The first-order chi connectivity index (χ1) is 13.2. The SMILES string of the molecule is Cc1cccc(-n2ncc3ccc(-c4cccc5c4CCNC5=O)cc32)n1. The molecule has 5 heteroatoms. The molecule has 1 N–H and O–H groups in total. The quantitative estimate of drug-likeness (QED) is 0.597. The lowest BCUT2D eigenvalue weighted by Gasteiger charge is -2.20. The molecule has 0 saturated heterocycles. The third kappa shape index (κ3) is 2.59. The van der Waals surface area contributed by atoms with E-state index in [4.69, 9.17) is 0 Å². The normalized spacial score (nSPS) is 13.4. The molecule has 4 aromatic rings. The fourth-order valence-corrected chi connectivity index (χ4v) is 3.75. The van der Waals surface area contributed by atoms with E-state index >= 15 is 0 Å². The van der Waals surface area contributed by atoms with Gasteiger partial charge in [0.2, 0.25) is 0 Å². The second kappa shape index (κ2) is 6.06. The third-order valence-corrected chi connectivity index (χ3v) is 5.05. The number of nitrogens with zero attached hydrogens (tertiary/aromatic N) is 3. The highest BCUT2D eigenvalue weighted by Crippen LogP contribution is 2.31. The molecule has 2 aromatic carbocycles. The Balaban J connectivity index is 1.69. The van der Waals surface area contributed by atoms with E-state index in [-0.39, 0.29) is 5.91 Å². The van der Waals surface area contributed by atoms with Gasteiger partial charge >= 0.3 is 0 Å². The summed E-state index contributed by atoms with van der Waals surface area (Å²) < 4.78 is 1.87. The van der Waals surface area contributed by atoms with Crippen LogP contribution >= 0.6 is 0 Å². The zero-order valence-electron chi connectivity index (χ0n) is 14.9. The van der Waals surface area contributed by atoms with Crippen molar-refractivity contribution in [2.24, 2.45) is 0 Å². The first kappa shape index (κ1) is 15.8. The van der Waals surface area contributed by atoms with Gasteiger partial charge in [0.25, 0.3) is 5.91 Å². The van der Waals surface area contributed by atoms with Gasteiger partial charge < -0.3 is 5.32 Å². The molecular weight excluding hydrogens is 336 g/mol. The van der Waals surface area contributed by atoms with Gasteiger partial charge in [-0.3, -0.25) is 4.79 Å². The van der Waals surface area contributed by atoms with E-state index < -0.39 is 0 Å². The van der Waals surface area contributed by atoms with Gasteiger partial charge in [0.1, 0.15) is 0 Å². The topological polar surface area (TPSA) is 59.8 Å². The summed E-state index contributed by atoms with van der Waals surface area (Å²) in [6.45, 7) is 2.65. The molecule has 0 atom stereocenters. The Morgan fingerprint density at radius 1 is 1.04 bits per heavy atom. The Kier molecular flexibility index (Phi) is 3.53. The van der Waals surface area contributed by atoms with E-state index in [0.29, 0.717) is 6.54 Å². The number of carbonyl (C=O) groups is 1. The highest BCUT2D eigenvalue weighted by Gasteiger charge is 2.20. The Labute approximate surface area is 156 Å². The van der Waals surface area contributed by atoms with Crippen molar-refractivity contribution in [2.45, 2.75) is 13.3 Å². The van der Waals surface area contributed by atoms with Gasteiger partial charge in [0.05, 0.1) is 11.7 Å². The number of rotatable bonds is 2. The van der Waals surface area contributed by atoms with E-state index in [0.717, 1.165) is 51.1 Å². The van der Waals surface area contributed by atoms with Crippen LogP contribution < -0.4 is 5.32 Å². The number of pyridine rings is 1. The number of aryl methyl sites for hydroxylation is 1. The Morgan fingerprint density at radius 3 is 2.78 bits per heavy atom. The molecule has 1 aliphatic heterocycles. The lowest BCUT2D eigenvalue weighted by atomic mass is 9.91. The number of aromatic nitrogens is 3. The van der Waals surface area contributed by atoms with Gasteiger partial charge in [-0.25, -0.2) is 9.67 Å². The predicted molar refractivity (Wildman–Crippen MR) is 105 cm³/mol. The van der Waals surface area contributed by atoms with Crippen LogP contribution in [-0.4, -0.2) is 27.2 Å². The molecule has 0 unspecified atom stereocenters.